The van der Waals surface area contributed by atoms with Crippen molar-refractivity contribution in [3.8, 4) is 11.5 Å². The molecule has 6 nitrogen and oxygen atoms in total. The first-order valence-electron chi connectivity index (χ1n) is 8.59. The second kappa shape index (κ2) is 7.97. The summed E-state index contributed by atoms with van der Waals surface area (Å²) in [5.74, 6) is 0.870. The highest BCUT2D eigenvalue weighted by Crippen LogP contribution is 2.29. The summed E-state index contributed by atoms with van der Waals surface area (Å²) < 4.78 is 38.0. The summed E-state index contributed by atoms with van der Waals surface area (Å²) in [5, 5.41) is 0. The number of nitrogens with zero attached hydrogens (tertiary/aromatic N) is 1. The number of hydrogen-bond donors (Lipinski definition) is 1. The Morgan fingerprint density at radius 3 is 2.23 bits per heavy atom. The van der Waals surface area contributed by atoms with Crippen molar-refractivity contribution < 1.29 is 17.9 Å². The first-order chi connectivity index (χ1) is 12.5. The van der Waals surface area contributed by atoms with E-state index in [1.165, 1.54) is 44.9 Å². The fourth-order valence-electron chi connectivity index (χ4n) is 3.05. The highest BCUT2D eigenvalue weighted by molar-refractivity contribution is 7.89. The van der Waals surface area contributed by atoms with Crippen LogP contribution in [0.3, 0.4) is 0 Å². The molecule has 1 saturated heterocycles. The van der Waals surface area contributed by atoms with Gasteiger partial charge in [-0.05, 0) is 42.7 Å². The van der Waals surface area contributed by atoms with Crippen LogP contribution in [0.2, 0.25) is 0 Å². The van der Waals surface area contributed by atoms with E-state index in [0.29, 0.717) is 11.5 Å². The molecule has 2 aromatic rings. The predicted molar refractivity (Wildman–Crippen MR) is 101 cm³/mol. The van der Waals surface area contributed by atoms with Crippen molar-refractivity contribution in [2.75, 3.05) is 32.2 Å². The standard InChI is InChI=1S/C19H24N2O4S/c1-24-18-10-9-17(13-19(18)25-2)26(22,23)20-14-15-5-7-16(8-6-15)21-11-3-4-12-21/h5-10,13,20H,3-4,11-12,14H2,1-2H3. The van der Waals surface area contributed by atoms with Crippen LogP contribution in [0.4, 0.5) is 5.69 Å². The SMILES string of the molecule is COc1ccc(S(=O)(=O)NCc2ccc(N3CCCC3)cc2)cc1OC. The smallest absolute Gasteiger partial charge is 0.241 e. The van der Waals surface area contributed by atoms with Crippen LogP contribution < -0.4 is 19.1 Å². The molecule has 0 aromatic heterocycles. The maximum atomic E-state index is 12.5. The van der Waals surface area contributed by atoms with E-state index < -0.39 is 10.0 Å². The van der Waals surface area contributed by atoms with Crippen LogP contribution in [0.5, 0.6) is 11.5 Å². The summed E-state index contributed by atoms with van der Waals surface area (Å²) in [5.41, 5.74) is 2.10. The predicted octanol–water partition coefficient (Wildman–Crippen LogP) is 2.78. The Kier molecular flexibility index (Phi) is 5.68. The maximum absolute atomic E-state index is 12.5. The van der Waals surface area contributed by atoms with Crippen molar-refractivity contribution in [2.45, 2.75) is 24.3 Å². The molecule has 140 valence electrons. The van der Waals surface area contributed by atoms with E-state index in [4.69, 9.17) is 9.47 Å². The van der Waals surface area contributed by atoms with Gasteiger partial charge in [0.1, 0.15) is 0 Å². The molecule has 1 heterocycles. The number of anilines is 1. The van der Waals surface area contributed by atoms with Crippen LogP contribution in [-0.2, 0) is 16.6 Å². The van der Waals surface area contributed by atoms with Gasteiger partial charge in [-0.2, -0.15) is 0 Å². The lowest BCUT2D eigenvalue weighted by Crippen LogP contribution is -2.23. The summed E-state index contributed by atoms with van der Waals surface area (Å²) in [4.78, 5) is 2.49. The lowest BCUT2D eigenvalue weighted by Gasteiger charge is -2.17. The monoisotopic (exact) mass is 376 g/mol. The zero-order chi connectivity index (χ0) is 18.6. The van der Waals surface area contributed by atoms with Crippen LogP contribution in [0.25, 0.3) is 0 Å². The van der Waals surface area contributed by atoms with Crippen molar-refractivity contribution in [3.05, 3.63) is 48.0 Å². The third-order valence-corrected chi connectivity index (χ3v) is 5.94. The molecule has 26 heavy (non-hydrogen) atoms. The van der Waals surface area contributed by atoms with Crippen LogP contribution in [-0.4, -0.2) is 35.7 Å². The second-order valence-corrected chi connectivity index (χ2v) is 7.97. The van der Waals surface area contributed by atoms with Gasteiger partial charge in [0, 0.05) is 31.4 Å². The molecule has 0 amide bonds. The van der Waals surface area contributed by atoms with E-state index in [2.05, 4.69) is 9.62 Å². The zero-order valence-corrected chi connectivity index (χ0v) is 15.9. The van der Waals surface area contributed by atoms with Gasteiger partial charge in [0.2, 0.25) is 10.0 Å². The fraction of sp³-hybridized carbons (Fsp3) is 0.368. The third-order valence-electron chi connectivity index (χ3n) is 4.54. The summed E-state index contributed by atoms with van der Waals surface area (Å²) in [6, 6.07) is 12.6. The van der Waals surface area contributed by atoms with E-state index in [1.54, 1.807) is 6.07 Å². The van der Waals surface area contributed by atoms with Gasteiger partial charge in [0.25, 0.3) is 0 Å². The topological polar surface area (TPSA) is 67.9 Å². The molecule has 0 radical (unpaired) electrons. The Morgan fingerprint density at radius 1 is 0.962 bits per heavy atom. The Bertz CT molecular complexity index is 844. The van der Waals surface area contributed by atoms with Gasteiger partial charge in [0.15, 0.2) is 11.5 Å². The quantitative estimate of drug-likeness (QED) is 0.805. The van der Waals surface area contributed by atoms with E-state index in [-0.39, 0.29) is 11.4 Å². The van der Waals surface area contributed by atoms with Crippen molar-refractivity contribution in [2.24, 2.45) is 0 Å². The molecular weight excluding hydrogens is 352 g/mol. The Morgan fingerprint density at radius 2 is 1.62 bits per heavy atom. The number of rotatable bonds is 7. The molecule has 0 unspecified atom stereocenters. The normalized spacial score (nSPS) is 14.5. The first kappa shape index (κ1) is 18.5. The summed E-state index contributed by atoms with van der Waals surface area (Å²) in [7, 11) is -0.652. The minimum atomic E-state index is -3.64. The number of methoxy groups -OCH3 is 2. The van der Waals surface area contributed by atoms with Gasteiger partial charge in [-0.3, -0.25) is 0 Å². The highest BCUT2D eigenvalue weighted by atomic mass is 32.2. The van der Waals surface area contributed by atoms with Gasteiger partial charge in [-0.25, -0.2) is 13.1 Å². The van der Waals surface area contributed by atoms with E-state index in [0.717, 1.165) is 18.7 Å². The average Bonchev–Trinajstić information content (AvgIpc) is 3.21. The minimum absolute atomic E-state index is 0.142. The molecule has 0 atom stereocenters. The van der Waals surface area contributed by atoms with Gasteiger partial charge in [0.05, 0.1) is 19.1 Å². The van der Waals surface area contributed by atoms with Gasteiger partial charge >= 0.3 is 0 Å². The number of nitrogens with one attached hydrogen (secondary N) is 1. The molecule has 1 aliphatic rings. The minimum Gasteiger partial charge on any atom is -0.493 e. The number of sulfonamides is 1. The molecule has 1 aliphatic heterocycles. The van der Waals surface area contributed by atoms with Crippen LogP contribution in [0.1, 0.15) is 18.4 Å². The Balaban J connectivity index is 1.68. The number of benzene rings is 2. The van der Waals surface area contributed by atoms with Crippen LogP contribution >= 0.6 is 0 Å². The molecule has 0 spiro atoms. The Labute approximate surface area is 154 Å². The van der Waals surface area contributed by atoms with Crippen molar-refractivity contribution in [3.63, 3.8) is 0 Å². The molecule has 0 aliphatic carbocycles. The van der Waals surface area contributed by atoms with Crippen LogP contribution in [0.15, 0.2) is 47.4 Å². The second-order valence-electron chi connectivity index (χ2n) is 6.20. The molecule has 0 bridgehead atoms. The molecule has 1 N–H and O–H groups in total. The number of hydrogen-bond acceptors (Lipinski definition) is 5. The maximum Gasteiger partial charge on any atom is 0.241 e. The van der Waals surface area contributed by atoms with Crippen molar-refractivity contribution in [1.29, 1.82) is 0 Å². The fourth-order valence-corrected chi connectivity index (χ4v) is 4.08. The molecule has 1 fully saturated rings. The van der Waals surface area contributed by atoms with Gasteiger partial charge in [-0.15, -0.1) is 0 Å². The third kappa shape index (κ3) is 4.11. The molecular formula is C19H24N2O4S. The lowest BCUT2D eigenvalue weighted by molar-refractivity contribution is 0.354. The molecule has 0 saturated carbocycles. The highest BCUT2D eigenvalue weighted by Gasteiger charge is 2.17. The molecule has 7 heteroatoms. The first-order valence-corrected chi connectivity index (χ1v) is 10.1. The molecule has 3 rings (SSSR count). The van der Waals surface area contributed by atoms with E-state index in [1.807, 2.05) is 24.3 Å². The summed E-state index contributed by atoms with van der Waals surface area (Å²) >= 11 is 0. The van der Waals surface area contributed by atoms with Crippen LogP contribution in [0, 0.1) is 0 Å². The van der Waals surface area contributed by atoms with Crippen molar-refractivity contribution in [1.82, 2.24) is 4.72 Å². The van der Waals surface area contributed by atoms with Gasteiger partial charge < -0.3 is 14.4 Å². The summed E-state index contributed by atoms with van der Waals surface area (Å²) in [6.45, 7) is 2.41. The Hall–Kier alpha value is -2.25. The lowest BCUT2D eigenvalue weighted by atomic mass is 10.2. The van der Waals surface area contributed by atoms with E-state index >= 15 is 0 Å². The number of ether oxygens (including phenoxy) is 2. The molecule has 2 aromatic carbocycles. The van der Waals surface area contributed by atoms with E-state index in [9.17, 15) is 8.42 Å². The van der Waals surface area contributed by atoms with Gasteiger partial charge in [-0.1, -0.05) is 12.1 Å². The van der Waals surface area contributed by atoms with Crippen molar-refractivity contribution >= 4 is 15.7 Å². The average molecular weight is 376 g/mol. The zero-order valence-electron chi connectivity index (χ0n) is 15.1. The largest absolute Gasteiger partial charge is 0.493 e. The summed E-state index contributed by atoms with van der Waals surface area (Å²) in [6.07, 6.45) is 2.46.